The van der Waals surface area contributed by atoms with E-state index in [9.17, 15) is 0 Å². The Labute approximate surface area is 164 Å². The molecule has 0 saturated heterocycles. The molecule has 3 heteroatoms. The van der Waals surface area contributed by atoms with Crippen LogP contribution in [0.3, 0.4) is 0 Å². The first-order valence-corrected chi connectivity index (χ1v) is 6.64. The normalized spacial score (nSPS) is 13.0. The second-order valence-electron chi connectivity index (χ2n) is 4.77. The maximum atomic E-state index is 3.35. The van der Waals surface area contributed by atoms with E-state index in [0.29, 0.717) is 5.92 Å². The SMILES string of the molecule is CC1c2[c-]cccc2-c2ccccc21.[Cl-].[Cl-].[Zr+4].c1cc[cH-]c1. The minimum absolute atomic E-state index is 0. The van der Waals surface area contributed by atoms with Gasteiger partial charge in [-0.2, -0.15) is 42.5 Å². The molecule has 0 nitrogen and oxygen atoms in total. The van der Waals surface area contributed by atoms with Crippen molar-refractivity contribution in [2.45, 2.75) is 12.8 Å². The Kier molecular flexibility index (Phi) is 9.76. The van der Waals surface area contributed by atoms with Gasteiger partial charge in [-0.25, -0.2) is 12.1 Å². The molecule has 0 radical (unpaired) electrons. The van der Waals surface area contributed by atoms with E-state index in [1.54, 1.807) is 0 Å². The Morgan fingerprint density at radius 1 is 0.864 bits per heavy atom. The Morgan fingerprint density at radius 3 is 2.14 bits per heavy atom. The van der Waals surface area contributed by atoms with Gasteiger partial charge in [-0.15, -0.1) is 11.1 Å². The Hall–Kier alpha value is -0.747. The first kappa shape index (κ1) is 21.3. The molecule has 0 bridgehead atoms. The molecule has 0 amide bonds. The molecule has 22 heavy (non-hydrogen) atoms. The number of fused-ring (bicyclic) bond motifs is 3. The molecule has 1 unspecified atom stereocenters. The quantitative estimate of drug-likeness (QED) is 0.422. The largest absolute Gasteiger partial charge is 4.00 e. The molecule has 0 fully saturated rings. The second-order valence-corrected chi connectivity index (χ2v) is 4.77. The predicted octanol–water partition coefficient (Wildman–Crippen LogP) is -0.970. The van der Waals surface area contributed by atoms with Gasteiger partial charge < -0.3 is 24.8 Å². The Balaban J connectivity index is 0.000000482. The zero-order valence-corrected chi connectivity index (χ0v) is 16.2. The van der Waals surface area contributed by atoms with Crippen LogP contribution < -0.4 is 24.8 Å². The van der Waals surface area contributed by atoms with Crippen LogP contribution >= 0.6 is 0 Å². The summed E-state index contributed by atoms with van der Waals surface area (Å²) in [7, 11) is 0. The van der Waals surface area contributed by atoms with Crippen molar-refractivity contribution in [1.29, 1.82) is 0 Å². The smallest absolute Gasteiger partial charge is 1.00 e. The molecule has 0 spiro atoms. The molecule has 0 aromatic heterocycles. The molecule has 1 aliphatic rings. The summed E-state index contributed by atoms with van der Waals surface area (Å²) >= 11 is 0. The van der Waals surface area contributed by atoms with Crippen LogP contribution in [0.25, 0.3) is 11.1 Å². The summed E-state index contributed by atoms with van der Waals surface area (Å²) in [6.07, 6.45) is 0. The molecule has 1 aliphatic carbocycles. The minimum Gasteiger partial charge on any atom is -1.00 e. The van der Waals surface area contributed by atoms with E-state index in [1.165, 1.54) is 22.3 Å². The van der Waals surface area contributed by atoms with Crippen molar-refractivity contribution >= 4 is 0 Å². The summed E-state index contributed by atoms with van der Waals surface area (Å²) in [6, 6.07) is 28.2. The van der Waals surface area contributed by atoms with Crippen LogP contribution in [0.2, 0.25) is 0 Å². The van der Waals surface area contributed by atoms with Crippen molar-refractivity contribution in [3.05, 3.63) is 90.0 Å². The monoisotopic (exact) mass is 404 g/mol. The van der Waals surface area contributed by atoms with Crippen LogP contribution in [0.1, 0.15) is 24.0 Å². The number of halogens is 2. The van der Waals surface area contributed by atoms with Crippen LogP contribution in [0, 0.1) is 6.07 Å². The van der Waals surface area contributed by atoms with Gasteiger partial charge in [0.25, 0.3) is 0 Å². The van der Waals surface area contributed by atoms with Gasteiger partial charge in [0.05, 0.1) is 0 Å². The molecular weight excluding hydrogens is 390 g/mol. The summed E-state index contributed by atoms with van der Waals surface area (Å²) in [5.41, 5.74) is 5.51. The summed E-state index contributed by atoms with van der Waals surface area (Å²) < 4.78 is 0. The maximum Gasteiger partial charge on any atom is 4.00 e. The van der Waals surface area contributed by atoms with Crippen molar-refractivity contribution in [3.63, 3.8) is 0 Å². The average molecular weight is 406 g/mol. The van der Waals surface area contributed by atoms with E-state index in [-0.39, 0.29) is 51.0 Å². The predicted molar refractivity (Wildman–Crippen MR) is 80.3 cm³/mol. The van der Waals surface area contributed by atoms with Crippen LogP contribution in [0.4, 0.5) is 0 Å². The molecule has 1 atom stereocenters. The third-order valence-corrected chi connectivity index (χ3v) is 3.59. The van der Waals surface area contributed by atoms with Gasteiger partial charge in [0.1, 0.15) is 0 Å². The van der Waals surface area contributed by atoms with E-state index in [0.717, 1.165) is 0 Å². The molecule has 3 aromatic carbocycles. The maximum absolute atomic E-state index is 3.35. The van der Waals surface area contributed by atoms with E-state index in [2.05, 4.69) is 49.4 Å². The van der Waals surface area contributed by atoms with Crippen LogP contribution in [-0.4, -0.2) is 0 Å². The summed E-state index contributed by atoms with van der Waals surface area (Å²) in [6.45, 7) is 2.25. The van der Waals surface area contributed by atoms with Crippen molar-refractivity contribution < 1.29 is 51.0 Å². The van der Waals surface area contributed by atoms with Gasteiger partial charge >= 0.3 is 26.2 Å². The fraction of sp³-hybridized carbons (Fsp3) is 0.105. The number of hydrogen-bond acceptors (Lipinski definition) is 0. The molecule has 0 aliphatic heterocycles. The molecule has 0 heterocycles. The van der Waals surface area contributed by atoms with Crippen molar-refractivity contribution in [2.75, 3.05) is 0 Å². The number of rotatable bonds is 0. The van der Waals surface area contributed by atoms with Gasteiger partial charge in [-0.3, -0.25) is 0 Å². The van der Waals surface area contributed by atoms with Gasteiger partial charge in [0.15, 0.2) is 0 Å². The standard InChI is InChI=1S/C14H11.C5H5.2ClH.Zr/c1-10-11-6-2-4-8-13(11)14-9-5-3-7-12(10)14;1-2-4-5-3-1;;;/h2-6,8-10H,1H3;1-5H;2*1H;/q2*-1;;;+4/p-2. The average Bonchev–Trinajstić information content (AvgIpc) is 3.12. The van der Waals surface area contributed by atoms with Gasteiger partial charge in [-0.1, -0.05) is 36.8 Å². The first-order valence-electron chi connectivity index (χ1n) is 6.64. The fourth-order valence-electron chi connectivity index (χ4n) is 2.64. The van der Waals surface area contributed by atoms with E-state index >= 15 is 0 Å². The first-order chi connectivity index (χ1) is 9.38. The van der Waals surface area contributed by atoms with Gasteiger partial charge in [-0.05, 0) is 11.5 Å². The van der Waals surface area contributed by atoms with E-state index in [1.807, 2.05) is 36.4 Å². The van der Waals surface area contributed by atoms with E-state index in [4.69, 9.17) is 0 Å². The van der Waals surface area contributed by atoms with E-state index < -0.39 is 0 Å². The van der Waals surface area contributed by atoms with Crippen molar-refractivity contribution in [1.82, 2.24) is 0 Å². The number of hydrogen-bond donors (Lipinski definition) is 0. The molecule has 4 rings (SSSR count). The zero-order valence-electron chi connectivity index (χ0n) is 12.3. The zero-order chi connectivity index (χ0) is 13.1. The van der Waals surface area contributed by atoms with Crippen LogP contribution in [0.5, 0.6) is 0 Å². The number of benzene rings is 2. The fourth-order valence-corrected chi connectivity index (χ4v) is 2.64. The minimum atomic E-state index is 0. The molecule has 110 valence electrons. The van der Waals surface area contributed by atoms with Gasteiger partial charge in [0.2, 0.25) is 0 Å². The topological polar surface area (TPSA) is 0 Å². The third-order valence-electron chi connectivity index (χ3n) is 3.59. The Bertz CT molecular complexity index is 600. The molecular formula is C19H16Cl2Zr. The summed E-state index contributed by atoms with van der Waals surface area (Å²) in [4.78, 5) is 0. The van der Waals surface area contributed by atoms with Crippen LogP contribution in [0.15, 0.2) is 72.8 Å². The molecule has 0 saturated carbocycles. The summed E-state index contributed by atoms with van der Waals surface area (Å²) in [5.74, 6) is 0.502. The van der Waals surface area contributed by atoms with Crippen molar-refractivity contribution in [3.8, 4) is 11.1 Å². The second kappa shape index (κ2) is 10.1. The van der Waals surface area contributed by atoms with Crippen LogP contribution in [-0.2, 0) is 26.2 Å². The Morgan fingerprint density at radius 2 is 1.50 bits per heavy atom. The molecule has 3 aromatic rings. The third kappa shape index (κ3) is 4.38. The van der Waals surface area contributed by atoms with Gasteiger partial charge in [0, 0.05) is 0 Å². The summed E-state index contributed by atoms with van der Waals surface area (Å²) in [5, 5.41) is 0. The molecule has 0 N–H and O–H groups in total. The van der Waals surface area contributed by atoms with Crippen molar-refractivity contribution in [2.24, 2.45) is 0 Å².